The molecule has 2 aliphatic heterocycles. The van der Waals surface area contributed by atoms with Crippen molar-refractivity contribution in [1.29, 1.82) is 0 Å². The van der Waals surface area contributed by atoms with E-state index in [1.165, 1.54) is 16.2 Å². The number of halogens is 1. The Morgan fingerprint density at radius 1 is 1.15 bits per heavy atom. The fourth-order valence-electron chi connectivity index (χ4n) is 4.87. The van der Waals surface area contributed by atoms with Gasteiger partial charge in [0.25, 0.3) is 11.8 Å². The highest BCUT2D eigenvalue weighted by Gasteiger charge is 2.38. The fraction of sp³-hybridized carbons (Fsp3) is 0.423. The number of H-pyrrole nitrogens is 1. The monoisotopic (exact) mass is 572 g/mol. The number of carbonyl (C=O) groups excluding carboxylic acids is 4. The maximum Gasteiger partial charge on any atom is 0.315 e. The molecular formula is C26H29ClN6O5S. The van der Waals surface area contributed by atoms with Gasteiger partial charge in [0, 0.05) is 53.4 Å². The van der Waals surface area contributed by atoms with E-state index in [4.69, 9.17) is 16.3 Å². The molecule has 0 saturated carbocycles. The molecule has 0 aliphatic carbocycles. The molecule has 11 nitrogen and oxygen atoms in total. The van der Waals surface area contributed by atoms with Gasteiger partial charge in [0.1, 0.15) is 12.1 Å². The number of aromatic nitrogens is 2. The minimum Gasteiger partial charge on any atom is -0.466 e. The highest BCUT2D eigenvalue weighted by Crippen LogP contribution is 2.25. The summed E-state index contributed by atoms with van der Waals surface area (Å²) in [4.78, 5) is 63.4. The first-order chi connectivity index (χ1) is 18.7. The average Bonchev–Trinajstić information content (AvgIpc) is 3.60. The van der Waals surface area contributed by atoms with Crippen LogP contribution in [-0.2, 0) is 27.3 Å². The molecule has 2 aromatic heterocycles. The summed E-state index contributed by atoms with van der Waals surface area (Å²) in [5, 5.41) is 7.60. The van der Waals surface area contributed by atoms with Crippen LogP contribution in [0.1, 0.15) is 44.2 Å². The lowest BCUT2D eigenvalue weighted by atomic mass is 10.1. The third kappa shape index (κ3) is 6.07. The minimum absolute atomic E-state index is 0.125. The minimum atomic E-state index is -0.620. The van der Waals surface area contributed by atoms with Crippen molar-refractivity contribution in [2.75, 3.05) is 33.3 Å². The smallest absolute Gasteiger partial charge is 0.315 e. The van der Waals surface area contributed by atoms with Crippen molar-refractivity contribution in [3.63, 3.8) is 0 Å². The van der Waals surface area contributed by atoms with Crippen LogP contribution in [0.5, 0.6) is 0 Å². The zero-order valence-electron chi connectivity index (χ0n) is 21.6. The van der Waals surface area contributed by atoms with Crippen LogP contribution >= 0.6 is 22.9 Å². The van der Waals surface area contributed by atoms with Crippen LogP contribution in [0.25, 0.3) is 10.9 Å². The molecule has 39 heavy (non-hydrogen) atoms. The number of nitrogens with zero attached hydrogens (tertiary/aromatic N) is 3. The standard InChI is InChI=1S/C26H29ClN6O5S/c1-3-38-23(35)10-22(34)33-11-19(29-24(36)18-9-14-8-15(27)4-5-16(14)28-18)20(12-33)30-25(37)26-31-17-6-7-32(2)13-21(17)39-26/h4-5,8-9,19-20,28H,3,6-7,10-13H2,1-2H3,(H,29,36)(H,30,37). The van der Waals surface area contributed by atoms with Crippen molar-refractivity contribution in [2.24, 2.45) is 0 Å². The van der Waals surface area contributed by atoms with E-state index in [0.29, 0.717) is 15.7 Å². The van der Waals surface area contributed by atoms with Gasteiger partial charge in [-0.2, -0.15) is 0 Å². The van der Waals surface area contributed by atoms with Crippen molar-refractivity contribution in [3.8, 4) is 0 Å². The molecule has 1 saturated heterocycles. The number of fused-ring (bicyclic) bond motifs is 2. The topological polar surface area (TPSA) is 137 Å². The fourth-order valence-corrected chi connectivity index (χ4v) is 6.14. The maximum atomic E-state index is 13.2. The first-order valence-corrected chi connectivity index (χ1v) is 13.9. The zero-order valence-corrected chi connectivity index (χ0v) is 23.2. The maximum absolute atomic E-state index is 13.2. The second-order valence-electron chi connectivity index (χ2n) is 9.73. The van der Waals surface area contributed by atoms with Gasteiger partial charge in [0.05, 0.1) is 24.4 Å². The highest BCUT2D eigenvalue weighted by atomic mass is 35.5. The number of likely N-dealkylation sites (N-methyl/N-ethyl adjacent to an activating group) is 1. The van der Waals surface area contributed by atoms with Gasteiger partial charge in [0.15, 0.2) is 5.01 Å². The van der Waals surface area contributed by atoms with Gasteiger partial charge in [-0.1, -0.05) is 11.6 Å². The van der Waals surface area contributed by atoms with Crippen LogP contribution in [0.3, 0.4) is 0 Å². The normalized spacial score (nSPS) is 19.1. The SMILES string of the molecule is CCOC(=O)CC(=O)N1CC(NC(=O)c2cc3cc(Cl)ccc3[nH]2)C(NC(=O)c2nc3c(s2)CN(C)CC3)C1. The largest absolute Gasteiger partial charge is 0.466 e. The predicted octanol–water partition coefficient (Wildman–Crippen LogP) is 1.96. The Bertz CT molecular complexity index is 1440. The third-order valence-corrected chi connectivity index (χ3v) is 8.17. The summed E-state index contributed by atoms with van der Waals surface area (Å²) < 4.78 is 4.91. The number of benzene rings is 1. The Hall–Kier alpha value is -3.48. The van der Waals surface area contributed by atoms with E-state index in [1.54, 1.807) is 31.2 Å². The molecule has 3 N–H and O–H groups in total. The van der Waals surface area contributed by atoms with Crippen LogP contribution in [0.4, 0.5) is 0 Å². The van der Waals surface area contributed by atoms with E-state index in [2.05, 4.69) is 25.5 Å². The summed E-state index contributed by atoms with van der Waals surface area (Å²) in [5.74, 6) is -1.80. The quantitative estimate of drug-likeness (QED) is 0.291. The number of hydrogen-bond acceptors (Lipinski definition) is 8. The zero-order chi connectivity index (χ0) is 27.7. The van der Waals surface area contributed by atoms with Gasteiger partial charge in [-0.25, -0.2) is 4.98 Å². The molecule has 13 heteroatoms. The first kappa shape index (κ1) is 27.1. The number of esters is 1. The molecule has 206 valence electrons. The summed E-state index contributed by atoms with van der Waals surface area (Å²) in [5.41, 5.74) is 2.01. The van der Waals surface area contributed by atoms with Crippen molar-refractivity contribution in [1.82, 2.24) is 30.4 Å². The van der Waals surface area contributed by atoms with E-state index < -0.39 is 30.4 Å². The van der Waals surface area contributed by atoms with Gasteiger partial charge in [-0.15, -0.1) is 11.3 Å². The molecule has 1 fully saturated rings. The van der Waals surface area contributed by atoms with Crippen LogP contribution in [0.15, 0.2) is 24.3 Å². The van der Waals surface area contributed by atoms with Gasteiger partial charge in [-0.05, 0) is 38.2 Å². The molecule has 2 atom stereocenters. The van der Waals surface area contributed by atoms with E-state index in [9.17, 15) is 19.2 Å². The lowest BCUT2D eigenvalue weighted by molar-refractivity contribution is -0.148. The van der Waals surface area contributed by atoms with Crippen molar-refractivity contribution >= 4 is 57.5 Å². The van der Waals surface area contributed by atoms with E-state index in [0.717, 1.165) is 41.0 Å². The molecule has 2 aliphatic rings. The number of thiazole rings is 1. The molecule has 5 rings (SSSR count). The summed E-state index contributed by atoms with van der Waals surface area (Å²) in [6, 6.07) is 5.78. The van der Waals surface area contributed by atoms with Gasteiger partial charge in [-0.3, -0.25) is 19.2 Å². The van der Waals surface area contributed by atoms with Crippen molar-refractivity contribution in [3.05, 3.63) is 50.6 Å². The number of carbonyl (C=O) groups is 4. The lowest BCUT2D eigenvalue weighted by Crippen LogP contribution is -2.51. The molecule has 3 amide bonds. The Balaban J connectivity index is 1.32. The van der Waals surface area contributed by atoms with Crippen molar-refractivity contribution in [2.45, 2.75) is 38.4 Å². The third-order valence-electron chi connectivity index (χ3n) is 6.85. The predicted molar refractivity (Wildman–Crippen MR) is 146 cm³/mol. The summed E-state index contributed by atoms with van der Waals surface area (Å²) in [6.07, 6.45) is 0.369. The molecule has 4 heterocycles. The van der Waals surface area contributed by atoms with Gasteiger partial charge >= 0.3 is 5.97 Å². The number of nitrogens with one attached hydrogen (secondary N) is 3. The van der Waals surface area contributed by atoms with Crippen LogP contribution in [0.2, 0.25) is 5.02 Å². The molecule has 1 aromatic carbocycles. The molecule has 2 unspecified atom stereocenters. The molecule has 3 aromatic rings. The van der Waals surface area contributed by atoms with E-state index in [1.807, 2.05) is 7.05 Å². The lowest BCUT2D eigenvalue weighted by Gasteiger charge is -2.20. The Labute approximate surface area is 233 Å². The summed E-state index contributed by atoms with van der Waals surface area (Å²) in [6.45, 7) is 3.72. The number of likely N-dealkylation sites (tertiary alicyclic amines) is 1. The molecule has 0 spiro atoms. The number of ether oxygens (including phenoxy) is 1. The molecule has 0 radical (unpaired) electrons. The Kier molecular flexibility index (Phi) is 7.87. The van der Waals surface area contributed by atoms with Gasteiger partial charge < -0.3 is 30.2 Å². The van der Waals surface area contributed by atoms with Gasteiger partial charge in [0.2, 0.25) is 5.91 Å². The number of rotatable bonds is 7. The summed E-state index contributed by atoms with van der Waals surface area (Å²) in [7, 11) is 2.03. The second-order valence-corrected chi connectivity index (χ2v) is 11.3. The molecular weight excluding hydrogens is 544 g/mol. The van der Waals surface area contributed by atoms with Crippen molar-refractivity contribution < 1.29 is 23.9 Å². The Morgan fingerprint density at radius 2 is 1.90 bits per heavy atom. The highest BCUT2D eigenvalue weighted by molar-refractivity contribution is 7.13. The number of amides is 3. The van der Waals surface area contributed by atoms with Crippen LogP contribution in [0, 0.1) is 0 Å². The first-order valence-electron chi connectivity index (χ1n) is 12.7. The number of aromatic amines is 1. The average molecular weight is 573 g/mol. The Morgan fingerprint density at radius 3 is 2.64 bits per heavy atom. The second kappa shape index (κ2) is 11.3. The van der Waals surface area contributed by atoms with E-state index >= 15 is 0 Å². The molecule has 0 bridgehead atoms. The summed E-state index contributed by atoms with van der Waals surface area (Å²) >= 11 is 7.43. The van der Waals surface area contributed by atoms with Crippen LogP contribution in [-0.4, -0.2) is 88.8 Å². The van der Waals surface area contributed by atoms with E-state index in [-0.39, 0.29) is 31.5 Å². The number of hydrogen-bond donors (Lipinski definition) is 3. The van der Waals surface area contributed by atoms with Crippen LogP contribution < -0.4 is 10.6 Å².